The van der Waals surface area contributed by atoms with Crippen LogP contribution in [0.25, 0.3) is 17.0 Å². The summed E-state index contributed by atoms with van der Waals surface area (Å²) in [6.45, 7) is 1.77. The molecule has 0 aromatic carbocycles. The minimum Gasteiger partial charge on any atom is -0.506 e. The van der Waals surface area contributed by atoms with E-state index in [1.54, 1.807) is 13.1 Å². The highest BCUT2D eigenvalue weighted by molar-refractivity contribution is 5.77. The van der Waals surface area contributed by atoms with Gasteiger partial charge >= 0.3 is 0 Å². The van der Waals surface area contributed by atoms with Crippen LogP contribution >= 0.6 is 0 Å². The summed E-state index contributed by atoms with van der Waals surface area (Å²) in [4.78, 5) is 12.3. The molecule has 2 aromatic rings. The Morgan fingerprint density at radius 1 is 1.26 bits per heavy atom. The third-order valence-corrected chi connectivity index (χ3v) is 3.42. The minimum absolute atomic E-state index is 0.0615. The van der Waals surface area contributed by atoms with Gasteiger partial charge in [0.2, 0.25) is 5.95 Å². The van der Waals surface area contributed by atoms with Crippen molar-refractivity contribution < 1.29 is 9.50 Å². The summed E-state index contributed by atoms with van der Waals surface area (Å²) < 4.78 is 14.2. The summed E-state index contributed by atoms with van der Waals surface area (Å²) in [7, 11) is 0. The van der Waals surface area contributed by atoms with Gasteiger partial charge in [-0.3, -0.25) is 0 Å². The number of hydrogen-bond acceptors (Lipinski definition) is 7. The lowest BCUT2D eigenvalue weighted by Gasteiger charge is -2.18. The van der Waals surface area contributed by atoms with Crippen LogP contribution in [0.5, 0.6) is 5.75 Å². The number of dihydropyridines is 1. The van der Waals surface area contributed by atoms with Gasteiger partial charge in [-0.25, -0.2) is 19.3 Å². The molecule has 2 aromatic heterocycles. The highest BCUT2D eigenvalue weighted by Crippen LogP contribution is 2.31. The standard InChI is InChI=1S/C15H15FN6O/c1-7-6-20-15(18)22-12(7)13-10(23)3-2-9(21-13)8-4-5-19-14(17)11(8)16/h2-6,14,19,23H,17H2,1H3,(H2,18,20,22). The maximum absolute atomic E-state index is 14.2. The SMILES string of the molecule is Cc1cnc(N)nc1-c1nc(C2=C(F)C(N)NC=C2)ccc1O. The summed E-state index contributed by atoms with van der Waals surface area (Å²) in [5.74, 6) is -0.555. The van der Waals surface area contributed by atoms with Crippen LogP contribution < -0.4 is 16.8 Å². The molecule has 1 aliphatic heterocycles. The van der Waals surface area contributed by atoms with E-state index in [1.165, 1.54) is 24.4 Å². The van der Waals surface area contributed by atoms with E-state index >= 15 is 0 Å². The topological polar surface area (TPSA) is 123 Å². The zero-order chi connectivity index (χ0) is 16.6. The van der Waals surface area contributed by atoms with Gasteiger partial charge in [0.05, 0.1) is 5.69 Å². The molecule has 0 amide bonds. The number of nitrogens with two attached hydrogens (primary N) is 2. The average Bonchev–Trinajstić information content (AvgIpc) is 2.53. The van der Waals surface area contributed by atoms with Crippen molar-refractivity contribution in [2.75, 3.05) is 5.73 Å². The fraction of sp³-hybridized carbons (Fsp3) is 0.133. The minimum atomic E-state index is -0.925. The molecule has 0 saturated heterocycles. The van der Waals surface area contributed by atoms with Gasteiger partial charge in [0.15, 0.2) is 0 Å². The molecule has 0 fully saturated rings. The molecule has 0 radical (unpaired) electrons. The van der Waals surface area contributed by atoms with Crippen LogP contribution in [-0.2, 0) is 0 Å². The van der Waals surface area contributed by atoms with E-state index in [4.69, 9.17) is 11.5 Å². The number of anilines is 1. The van der Waals surface area contributed by atoms with E-state index in [1.807, 2.05) is 0 Å². The van der Waals surface area contributed by atoms with Crippen LogP contribution in [0.2, 0.25) is 0 Å². The highest BCUT2D eigenvalue weighted by Gasteiger charge is 2.20. The van der Waals surface area contributed by atoms with Crippen molar-refractivity contribution >= 4 is 11.5 Å². The number of nitrogen functional groups attached to an aromatic ring is 1. The average molecular weight is 314 g/mol. The lowest BCUT2D eigenvalue weighted by molar-refractivity contribution is 0.474. The van der Waals surface area contributed by atoms with Gasteiger partial charge < -0.3 is 21.9 Å². The molecular weight excluding hydrogens is 299 g/mol. The van der Waals surface area contributed by atoms with Crippen LogP contribution in [0, 0.1) is 6.92 Å². The second kappa shape index (κ2) is 5.65. The highest BCUT2D eigenvalue weighted by atomic mass is 19.1. The Labute approximate surface area is 131 Å². The van der Waals surface area contributed by atoms with E-state index in [9.17, 15) is 9.50 Å². The Kier molecular flexibility index (Phi) is 3.67. The summed E-state index contributed by atoms with van der Waals surface area (Å²) in [5.41, 5.74) is 13.1. The van der Waals surface area contributed by atoms with Crippen molar-refractivity contribution in [1.29, 1.82) is 0 Å². The Morgan fingerprint density at radius 2 is 2.04 bits per heavy atom. The van der Waals surface area contributed by atoms with Gasteiger partial charge in [-0.2, -0.15) is 0 Å². The van der Waals surface area contributed by atoms with Crippen molar-refractivity contribution in [2.24, 2.45) is 5.73 Å². The molecule has 1 unspecified atom stereocenters. The van der Waals surface area contributed by atoms with Gasteiger partial charge in [-0.05, 0) is 36.9 Å². The van der Waals surface area contributed by atoms with E-state index in [0.717, 1.165) is 0 Å². The van der Waals surface area contributed by atoms with Gasteiger partial charge in [0, 0.05) is 11.8 Å². The van der Waals surface area contributed by atoms with Crippen LogP contribution in [-0.4, -0.2) is 26.2 Å². The first-order valence-electron chi connectivity index (χ1n) is 6.85. The lowest BCUT2D eigenvalue weighted by Crippen LogP contribution is -2.36. The van der Waals surface area contributed by atoms with Crippen LogP contribution in [0.3, 0.4) is 0 Å². The van der Waals surface area contributed by atoms with E-state index in [-0.39, 0.29) is 23.0 Å². The van der Waals surface area contributed by atoms with E-state index in [0.29, 0.717) is 17.0 Å². The summed E-state index contributed by atoms with van der Waals surface area (Å²) in [6, 6.07) is 2.94. The van der Waals surface area contributed by atoms with E-state index < -0.39 is 12.0 Å². The van der Waals surface area contributed by atoms with Crippen LogP contribution in [0.1, 0.15) is 11.3 Å². The second-order valence-electron chi connectivity index (χ2n) is 5.06. The van der Waals surface area contributed by atoms with Crippen LogP contribution in [0.4, 0.5) is 10.3 Å². The summed E-state index contributed by atoms with van der Waals surface area (Å²) >= 11 is 0. The maximum Gasteiger partial charge on any atom is 0.220 e. The quantitative estimate of drug-likeness (QED) is 0.657. The fourth-order valence-electron chi connectivity index (χ4n) is 2.23. The zero-order valence-electron chi connectivity index (χ0n) is 12.3. The molecule has 0 saturated carbocycles. The molecule has 0 bridgehead atoms. The number of aromatic hydroxyl groups is 1. The number of rotatable bonds is 2. The fourth-order valence-corrected chi connectivity index (χ4v) is 2.23. The number of allylic oxidation sites excluding steroid dienone is 2. The van der Waals surface area contributed by atoms with Crippen molar-refractivity contribution in [3.63, 3.8) is 0 Å². The number of hydrogen-bond donors (Lipinski definition) is 4. The second-order valence-corrected chi connectivity index (χ2v) is 5.06. The van der Waals surface area contributed by atoms with Crippen molar-refractivity contribution in [1.82, 2.24) is 20.3 Å². The molecule has 8 heteroatoms. The van der Waals surface area contributed by atoms with Crippen molar-refractivity contribution in [3.05, 3.63) is 47.7 Å². The van der Waals surface area contributed by atoms with Gasteiger partial charge in [0.25, 0.3) is 0 Å². The van der Waals surface area contributed by atoms with Crippen LogP contribution in [0.15, 0.2) is 36.4 Å². The molecule has 118 valence electrons. The van der Waals surface area contributed by atoms with E-state index in [2.05, 4.69) is 20.3 Å². The van der Waals surface area contributed by atoms with Gasteiger partial charge in [0.1, 0.15) is 29.1 Å². The number of aromatic nitrogens is 3. The molecule has 0 spiro atoms. The predicted molar refractivity (Wildman–Crippen MR) is 84.4 cm³/mol. The summed E-state index contributed by atoms with van der Waals surface area (Å²) in [5, 5.41) is 12.7. The molecule has 1 atom stereocenters. The lowest BCUT2D eigenvalue weighted by atomic mass is 10.1. The molecule has 1 aliphatic rings. The summed E-state index contributed by atoms with van der Waals surface area (Å²) in [6.07, 6.45) is 3.69. The zero-order valence-corrected chi connectivity index (χ0v) is 12.3. The van der Waals surface area contributed by atoms with Crippen molar-refractivity contribution in [3.8, 4) is 17.1 Å². The number of nitrogens with zero attached hydrogens (tertiary/aromatic N) is 3. The molecule has 6 N–H and O–H groups in total. The monoisotopic (exact) mass is 314 g/mol. The Hall–Kier alpha value is -3.00. The Bertz CT molecular complexity index is 833. The molecule has 23 heavy (non-hydrogen) atoms. The number of nitrogens with one attached hydrogen (secondary N) is 1. The molecule has 3 heterocycles. The first-order chi connectivity index (χ1) is 11.0. The number of halogens is 1. The number of aryl methyl sites for hydroxylation is 1. The third kappa shape index (κ3) is 2.71. The number of pyridine rings is 1. The maximum atomic E-state index is 14.2. The molecule has 3 rings (SSSR count). The molecule has 0 aliphatic carbocycles. The largest absolute Gasteiger partial charge is 0.506 e. The predicted octanol–water partition coefficient (Wildman–Crippen LogP) is 1.22. The normalized spacial score (nSPS) is 17.3. The molecular formula is C15H15FN6O. The molecule has 7 nitrogen and oxygen atoms in total. The smallest absolute Gasteiger partial charge is 0.220 e. The first-order valence-corrected chi connectivity index (χ1v) is 6.85. The van der Waals surface area contributed by atoms with Gasteiger partial charge in [-0.15, -0.1) is 0 Å². The van der Waals surface area contributed by atoms with Gasteiger partial charge in [-0.1, -0.05) is 0 Å². The Morgan fingerprint density at radius 3 is 2.83 bits per heavy atom. The van der Waals surface area contributed by atoms with Crippen molar-refractivity contribution in [2.45, 2.75) is 13.1 Å². The Balaban J connectivity index is 2.16. The third-order valence-electron chi connectivity index (χ3n) is 3.42. The first kappa shape index (κ1) is 14.9.